The number of aliphatic hydroxyl groups is 1. The number of amides is 1. The third kappa shape index (κ3) is 8.07. The molecule has 1 aromatic carbocycles. The van der Waals surface area contributed by atoms with Gasteiger partial charge in [-0.05, 0) is 53.6 Å². The van der Waals surface area contributed by atoms with Gasteiger partial charge in [0.05, 0.1) is 32.4 Å². The molecule has 1 aliphatic rings. The van der Waals surface area contributed by atoms with Crippen LogP contribution in [0.3, 0.4) is 0 Å². The van der Waals surface area contributed by atoms with E-state index in [2.05, 4.69) is 31.9 Å². The van der Waals surface area contributed by atoms with Crippen LogP contribution in [0.5, 0.6) is 11.5 Å². The summed E-state index contributed by atoms with van der Waals surface area (Å²) in [4.78, 5) is 18.6. The summed E-state index contributed by atoms with van der Waals surface area (Å²) in [5.41, 5.74) is 1.15. The maximum absolute atomic E-state index is 13.5. The number of hydrogen-bond acceptors (Lipinski definition) is 7. The highest BCUT2D eigenvalue weighted by Crippen LogP contribution is 2.34. The fraction of sp³-hybridized carbons (Fsp3) is 0.519. The Morgan fingerprint density at radius 3 is 2.69 bits per heavy atom. The molecular formula is C27H38N2O5S. The van der Waals surface area contributed by atoms with Crippen molar-refractivity contribution in [3.05, 3.63) is 58.8 Å². The molecule has 2 heterocycles. The molecule has 3 rings (SSSR count). The molecule has 2 aromatic rings. The third-order valence-electron chi connectivity index (χ3n) is 5.86. The van der Waals surface area contributed by atoms with Gasteiger partial charge in [0.1, 0.15) is 18.1 Å². The maximum atomic E-state index is 13.5. The lowest BCUT2D eigenvalue weighted by Crippen LogP contribution is -2.48. The van der Waals surface area contributed by atoms with Crippen LogP contribution in [0.2, 0.25) is 0 Å². The van der Waals surface area contributed by atoms with Gasteiger partial charge in [0.25, 0.3) is 0 Å². The van der Waals surface area contributed by atoms with E-state index in [4.69, 9.17) is 14.2 Å². The van der Waals surface area contributed by atoms with Gasteiger partial charge in [-0.3, -0.25) is 9.69 Å². The van der Waals surface area contributed by atoms with Crippen LogP contribution in [0, 0.1) is 5.92 Å². The number of nitrogens with zero attached hydrogens (tertiary/aromatic N) is 2. The second kappa shape index (κ2) is 13.6. The number of aliphatic hydroxyl groups excluding tert-OH is 1. The van der Waals surface area contributed by atoms with Crippen LogP contribution < -0.4 is 9.47 Å². The normalized spacial score (nSPS) is 16.3. The molecule has 0 aliphatic carbocycles. The highest BCUT2D eigenvalue weighted by molar-refractivity contribution is 7.10. The number of carbonyl (C=O) groups is 1. The van der Waals surface area contributed by atoms with Gasteiger partial charge in [0, 0.05) is 31.1 Å². The first-order valence-corrected chi connectivity index (χ1v) is 13.0. The summed E-state index contributed by atoms with van der Waals surface area (Å²) in [6.07, 6.45) is 1.93. The van der Waals surface area contributed by atoms with Gasteiger partial charge < -0.3 is 24.2 Å². The molecule has 7 nitrogen and oxygen atoms in total. The first-order valence-electron chi connectivity index (χ1n) is 12.1. The number of benzene rings is 1. The number of methoxy groups -OCH3 is 1. The van der Waals surface area contributed by atoms with Gasteiger partial charge in [0.2, 0.25) is 5.91 Å². The molecule has 0 spiro atoms. The standard InChI is InChI=1S/C27H38N2O5S/c1-5-12-28(15-21(30)18-33-17-20(2)3)16-27(31)29-13-10-26-24(11-14-35-26)25(29)19-34-23-8-6-22(32-4)7-9-23/h5-9,11,14,20-21,25,30H,1,10,12-13,15-19H2,2-4H3/t21-,25+/m0/s1. The Labute approximate surface area is 212 Å². The Morgan fingerprint density at radius 1 is 1.26 bits per heavy atom. The van der Waals surface area contributed by atoms with Gasteiger partial charge in [-0.2, -0.15) is 0 Å². The molecule has 35 heavy (non-hydrogen) atoms. The van der Waals surface area contributed by atoms with Crippen LogP contribution >= 0.6 is 11.3 Å². The zero-order valence-corrected chi connectivity index (χ0v) is 21.8. The molecular weight excluding hydrogens is 464 g/mol. The minimum Gasteiger partial charge on any atom is -0.497 e. The summed E-state index contributed by atoms with van der Waals surface area (Å²) >= 11 is 1.73. The molecule has 0 unspecified atom stereocenters. The topological polar surface area (TPSA) is 71.5 Å². The van der Waals surface area contributed by atoms with E-state index in [9.17, 15) is 9.90 Å². The van der Waals surface area contributed by atoms with E-state index < -0.39 is 6.10 Å². The average molecular weight is 503 g/mol. The molecule has 2 atom stereocenters. The Bertz CT molecular complexity index is 930. The fourth-order valence-electron chi connectivity index (χ4n) is 4.18. The Balaban J connectivity index is 1.64. The van der Waals surface area contributed by atoms with Crippen molar-refractivity contribution in [3.8, 4) is 11.5 Å². The van der Waals surface area contributed by atoms with Crippen LogP contribution in [0.4, 0.5) is 0 Å². The van der Waals surface area contributed by atoms with Gasteiger partial charge in [-0.15, -0.1) is 17.9 Å². The minimum absolute atomic E-state index is 0.0160. The summed E-state index contributed by atoms with van der Waals surface area (Å²) < 4.78 is 16.9. The Hall–Kier alpha value is -2.39. The van der Waals surface area contributed by atoms with E-state index in [0.717, 1.165) is 23.5 Å². The van der Waals surface area contributed by atoms with Crippen molar-refractivity contribution in [1.29, 1.82) is 0 Å². The van der Waals surface area contributed by atoms with Crippen molar-refractivity contribution in [2.24, 2.45) is 5.92 Å². The van der Waals surface area contributed by atoms with Crippen LogP contribution in [-0.4, -0.2) is 80.0 Å². The SMILES string of the molecule is C=CCN(CC(=O)N1CCc2sccc2[C@H]1COc1ccc(OC)cc1)C[C@H](O)COCC(C)C. The molecule has 1 amide bonds. The average Bonchev–Trinajstić information content (AvgIpc) is 3.32. The van der Waals surface area contributed by atoms with Gasteiger partial charge in [-0.25, -0.2) is 0 Å². The number of hydrogen-bond donors (Lipinski definition) is 1. The van der Waals surface area contributed by atoms with E-state index in [1.807, 2.05) is 34.1 Å². The highest BCUT2D eigenvalue weighted by atomic mass is 32.1. The van der Waals surface area contributed by atoms with E-state index in [0.29, 0.717) is 38.8 Å². The van der Waals surface area contributed by atoms with Gasteiger partial charge >= 0.3 is 0 Å². The Morgan fingerprint density at radius 2 is 2.00 bits per heavy atom. The van der Waals surface area contributed by atoms with Crippen LogP contribution in [-0.2, 0) is 16.0 Å². The second-order valence-corrected chi connectivity index (χ2v) is 10.2. The van der Waals surface area contributed by atoms with Gasteiger partial charge in [0.15, 0.2) is 0 Å². The van der Waals surface area contributed by atoms with Crippen molar-refractivity contribution >= 4 is 17.2 Å². The monoisotopic (exact) mass is 502 g/mol. The molecule has 0 saturated carbocycles. The number of carbonyl (C=O) groups excluding carboxylic acids is 1. The second-order valence-electron chi connectivity index (χ2n) is 9.21. The predicted octanol–water partition coefficient (Wildman–Crippen LogP) is 3.78. The third-order valence-corrected chi connectivity index (χ3v) is 6.86. The van der Waals surface area contributed by atoms with E-state index in [-0.39, 0.29) is 25.1 Å². The minimum atomic E-state index is -0.666. The zero-order valence-electron chi connectivity index (χ0n) is 21.0. The summed E-state index contributed by atoms with van der Waals surface area (Å²) in [7, 11) is 1.63. The van der Waals surface area contributed by atoms with Crippen molar-refractivity contribution in [3.63, 3.8) is 0 Å². The smallest absolute Gasteiger partial charge is 0.237 e. The molecule has 0 saturated heterocycles. The van der Waals surface area contributed by atoms with Crippen molar-refractivity contribution in [2.75, 3.05) is 53.1 Å². The van der Waals surface area contributed by atoms with Crippen molar-refractivity contribution in [2.45, 2.75) is 32.4 Å². The Kier molecular flexibility index (Phi) is 10.6. The lowest BCUT2D eigenvalue weighted by molar-refractivity contribution is -0.136. The molecule has 192 valence electrons. The predicted molar refractivity (Wildman–Crippen MR) is 139 cm³/mol. The molecule has 0 fully saturated rings. The van der Waals surface area contributed by atoms with E-state index in [1.54, 1.807) is 24.5 Å². The quantitative estimate of drug-likeness (QED) is 0.397. The summed E-state index contributed by atoms with van der Waals surface area (Å²) in [6.45, 7) is 10.9. The van der Waals surface area contributed by atoms with Crippen LogP contribution in [0.15, 0.2) is 48.4 Å². The molecule has 1 N–H and O–H groups in total. The van der Waals surface area contributed by atoms with Crippen molar-refractivity contribution < 1.29 is 24.1 Å². The first kappa shape index (κ1) is 27.2. The number of thiophene rings is 1. The van der Waals surface area contributed by atoms with Gasteiger partial charge in [-0.1, -0.05) is 19.9 Å². The molecule has 0 radical (unpaired) electrons. The largest absolute Gasteiger partial charge is 0.497 e. The summed E-state index contributed by atoms with van der Waals surface area (Å²) in [6, 6.07) is 9.40. The van der Waals surface area contributed by atoms with E-state index in [1.165, 1.54) is 4.88 Å². The fourth-order valence-corrected chi connectivity index (χ4v) is 5.11. The molecule has 8 heteroatoms. The number of fused-ring (bicyclic) bond motifs is 1. The maximum Gasteiger partial charge on any atom is 0.237 e. The van der Waals surface area contributed by atoms with E-state index >= 15 is 0 Å². The lowest BCUT2D eigenvalue weighted by atomic mass is 10.0. The number of ether oxygens (including phenoxy) is 3. The zero-order chi connectivity index (χ0) is 25.2. The molecule has 0 bridgehead atoms. The van der Waals surface area contributed by atoms with Crippen LogP contribution in [0.1, 0.15) is 30.3 Å². The number of rotatable bonds is 14. The first-order chi connectivity index (χ1) is 16.9. The van der Waals surface area contributed by atoms with Crippen LogP contribution in [0.25, 0.3) is 0 Å². The summed E-state index contributed by atoms with van der Waals surface area (Å²) in [5.74, 6) is 1.93. The highest BCUT2D eigenvalue weighted by Gasteiger charge is 2.33. The lowest BCUT2D eigenvalue weighted by Gasteiger charge is -2.37. The molecule has 1 aliphatic heterocycles. The van der Waals surface area contributed by atoms with Crippen molar-refractivity contribution in [1.82, 2.24) is 9.80 Å². The molecule has 1 aromatic heterocycles. The summed E-state index contributed by atoms with van der Waals surface area (Å²) in [5, 5.41) is 12.5.